The van der Waals surface area contributed by atoms with Crippen molar-refractivity contribution in [2.75, 3.05) is 52.4 Å². The molecule has 2 N–H and O–H groups in total. The molecule has 9 heteroatoms. The minimum absolute atomic E-state index is 0.00172. The number of methoxy groups -OCH3 is 2. The third-order valence-corrected chi connectivity index (χ3v) is 7.66. The summed E-state index contributed by atoms with van der Waals surface area (Å²) in [6, 6.07) is 21.4. The first kappa shape index (κ1) is 33.0. The van der Waals surface area contributed by atoms with Crippen molar-refractivity contribution in [3.8, 4) is 22.6 Å². The minimum Gasteiger partial charge on any atom is -0.493 e. The van der Waals surface area contributed by atoms with Crippen molar-refractivity contribution in [1.29, 1.82) is 0 Å². The summed E-state index contributed by atoms with van der Waals surface area (Å²) >= 11 is 0. The summed E-state index contributed by atoms with van der Waals surface area (Å²) in [6.45, 7) is 9.17. The van der Waals surface area contributed by atoms with E-state index in [1.807, 2.05) is 49.1 Å². The number of benzene rings is 3. The predicted octanol–water partition coefficient (Wildman–Crippen LogP) is 5.39. The Bertz CT molecular complexity index is 1390. The topological polar surface area (TPSA) is 98.4 Å². The first-order valence-corrected chi connectivity index (χ1v) is 15.2. The normalized spacial score (nSPS) is 16.1. The maximum Gasteiger partial charge on any atom is 0.254 e. The van der Waals surface area contributed by atoms with Gasteiger partial charge in [0.15, 0.2) is 11.5 Å². The number of hydrogen-bond acceptors (Lipinski definition) is 7. The van der Waals surface area contributed by atoms with E-state index < -0.39 is 0 Å². The van der Waals surface area contributed by atoms with Crippen LogP contribution in [0.1, 0.15) is 43.1 Å². The molecule has 44 heavy (non-hydrogen) atoms. The van der Waals surface area contributed by atoms with Gasteiger partial charge in [0.1, 0.15) is 0 Å². The summed E-state index contributed by atoms with van der Waals surface area (Å²) < 4.78 is 22.9. The molecule has 2 amide bonds. The van der Waals surface area contributed by atoms with Crippen LogP contribution in [0.15, 0.2) is 66.7 Å². The molecule has 0 radical (unpaired) electrons. The van der Waals surface area contributed by atoms with Crippen LogP contribution in [0.2, 0.25) is 0 Å². The highest BCUT2D eigenvalue weighted by molar-refractivity contribution is 5.95. The zero-order valence-electron chi connectivity index (χ0n) is 26.4. The monoisotopic (exact) mass is 603 g/mol. The molecule has 9 nitrogen and oxygen atoms in total. The van der Waals surface area contributed by atoms with Gasteiger partial charge in [0.05, 0.1) is 26.4 Å². The molecular weight excluding hydrogens is 558 g/mol. The van der Waals surface area contributed by atoms with Crippen LogP contribution in [0, 0.1) is 5.92 Å². The molecule has 2 unspecified atom stereocenters. The lowest BCUT2D eigenvalue weighted by atomic mass is 10.0. The zero-order chi connectivity index (χ0) is 31.5. The number of ether oxygens (including phenoxy) is 4. The Hall–Kier alpha value is -3.92. The molecule has 1 heterocycles. The number of hydrogen-bond donors (Lipinski definition) is 2. The molecule has 0 spiro atoms. The maximum atomic E-state index is 13.8. The summed E-state index contributed by atoms with van der Waals surface area (Å²) in [5, 5.41) is 6.30. The van der Waals surface area contributed by atoms with Gasteiger partial charge in [-0.1, -0.05) is 30.3 Å². The molecule has 236 valence electrons. The van der Waals surface area contributed by atoms with Crippen molar-refractivity contribution in [2.24, 2.45) is 5.92 Å². The lowest BCUT2D eigenvalue weighted by Crippen LogP contribution is -2.43. The Labute approximate surface area is 260 Å². The van der Waals surface area contributed by atoms with E-state index in [1.165, 1.54) is 6.92 Å². The average Bonchev–Trinajstić information content (AvgIpc) is 3.47. The van der Waals surface area contributed by atoms with Crippen molar-refractivity contribution >= 4 is 17.5 Å². The molecule has 0 saturated carbocycles. The van der Waals surface area contributed by atoms with Gasteiger partial charge in [0, 0.05) is 69.9 Å². The Morgan fingerprint density at radius 1 is 0.955 bits per heavy atom. The van der Waals surface area contributed by atoms with E-state index in [2.05, 4.69) is 28.8 Å². The van der Waals surface area contributed by atoms with Gasteiger partial charge >= 0.3 is 0 Å². The van der Waals surface area contributed by atoms with E-state index in [9.17, 15) is 9.59 Å². The number of carbonyl (C=O) groups is 2. The van der Waals surface area contributed by atoms with E-state index >= 15 is 0 Å². The molecule has 0 aromatic heterocycles. The molecule has 1 aliphatic rings. The highest BCUT2D eigenvalue weighted by atomic mass is 16.5. The summed E-state index contributed by atoms with van der Waals surface area (Å²) in [5.74, 6) is 1.13. The van der Waals surface area contributed by atoms with Gasteiger partial charge in [-0.2, -0.15) is 0 Å². The highest BCUT2D eigenvalue weighted by Gasteiger charge is 2.32. The fourth-order valence-electron chi connectivity index (χ4n) is 5.36. The van der Waals surface area contributed by atoms with E-state index in [0.29, 0.717) is 43.4 Å². The summed E-state index contributed by atoms with van der Waals surface area (Å²) in [4.78, 5) is 27.2. The van der Waals surface area contributed by atoms with Crippen LogP contribution in [0.4, 0.5) is 5.69 Å². The highest BCUT2D eigenvalue weighted by Crippen LogP contribution is 2.30. The lowest BCUT2D eigenvalue weighted by Gasteiger charge is -2.31. The smallest absolute Gasteiger partial charge is 0.254 e. The molecule has 0 bridgehead atoms. The zero-order valence-corrected chi connectivity index (χ0v) is 26.4. The molecular formula is C35H45N3O6. The molecule has 4 rings (SSSR count). The van der Waals surface area contributed by atoms with Crippen LogP contribution in [0.5, 0.6) is 11.5 Å². The largest absolute Gasteiger partial charge is 0.493 e. The standard InChI is InChI=1S/C35H45N3O6/c1-24(2)38(35(40)29-13-14-32(42-5)33(19-29)43-16-8-15-41-4)22-30-20-36-21-34(30)44-23-26-9-6-10-27(17-26)28-11-7-12-31(18-28)37-25(3)39/h6-7,9-14,17-19,24,30,34,36H,8,15-16,20-23H2,1-5H3,(H,37,39). The van der Waals surface area contributed by atoms with Gasteiger partial charge in [0.25, 0.3) is 5.91 Å². The Morgan fingerprint density at radius 2 is 1.73 bits per heavy atom. The number of nitrogens with zero attached hydrogens (tertiary/aromatic N) is 1. The molecule has 1 saturated heterocycles. The third kappa shape index (κ3) is 9.05. The molecule has 3 aromatic carbocycles. The van der Waals surface area contributed by atoms with E-state index in [0.717, 1.165) is 41.9 Å². The number of carbonyl (C=O) groups excluding carboxylic acids is 2. The Kier molecular flexibility index (Phi) is 12.2. The molecule has 2 atom stereocenters. The van der Waals surface area contributed by atoms with Crippen molar-refractivity contribution in [3.63, 3.8) is 0 Å². The number of nitrogens with one attached hydrogen (secondary N) is 2. The van der Waals surface area contributed by atoms with Gasteiger partial charge in [-0.3, -0.25) is 9.59 Å². The molecule has 1 fully saturated rings. The number of rotatable bonds is 15. The van der Waals surface area contributed by atoms with Crippen LogP contribution in [0.3, 0.4) is 0 Å². The van der Waals surface area contributed by atoms with Crippen molar-refractivity contribution in [2.45, 2.75) is 45.9 Å². The second-order valence-corrected chi connectivity index (χ2v) is 11.3. The van der Waals surface area contributed by atoms with Crippen molar-refractivity contribution in [3.05, 3.63) is 77.9 Å². The second-order valence-electron chi connectivity index (χ2n) is 11.3. The van der Waals surface area contributed by atoms with Gasteiger partial charge in [-0.15, -0.1) is 0 Å². The lowest BCUT2D eigenvalue weighted by molar-refractivity contribution is -0.114. The first-order valence-electron chi connectivity index (χ1n) is 15.2. The summed E-state index contributed by atoms with van der Waals surface area (Å²) in [6.07, 6.45) is 0.702. The number of anilines is 1. The Balaban J connectivity index is 1.41. The van der Waals surface area contributed by atoms with Gasteiger partial charge in [0.2, 0.25) is 5.91 Å². The van der Waals surface area contributed by atoms with Gasteiger partial charge < -0.3 is 34.5 Å². The predicted molar refractivity (Wildman–Crippen MR) is 172 cm³/mol. The van der Waals surface area contributed by atoms with E-state index in [4.69, 9.17) is 18.9 Å². The summed E-state index contributed by atoms with van der Waals surface area (Å²) in [7, 11) is 3.25. The number of amides is 2. The quantitative estimate of drug-likeness (QED) is 0.225. The maximum absolute atomic E-state index is 13.8. The van der Waals surface area contributed by atoms with Crippen LogP contribution >= 0.6 is 0 Å². The van der Waals surface area contributed by atoms with Gasteiger partial charge in [-0.25, -0.2) is 0 Å². The average molecular weight is 604 g/mol. The summed E-state index contributed by atoms with van der Waals surface area (Å²) in [5.41, 5.74) is 4.46. The van der Waals surface area contributed by atoms with Gasteiger partial charge in [-0.05, 0) is 66.9 Å². The van der Waals surface area contributed by atoms with Crippen LogP contribution in [-0.4, -0.2) is 75.9 Å². The van der Waals surface area contributed by atoms with Crippen molar-refractivity contribution in [1.82, 2.24) is 10.2 Å². The second kappa shape index (κ2) is 16.2. The Morgan fingerprint density at radius 3 is 2.45 bits per heavy atom. The van der Waals surface area contributed by atoms with E-state index in [-0.39, 0.29) is 29.9 Å². The minimum atomic E-state index is -0.0988. The molecule has 1 aliphatic heterocycles. The van der Waals surface area contributed by atoms with Crippen LogP contribution in [-0.2, 0) is 20.9 Å². The molecule has 0 aliphatic carbocycles. The first-order chi connectivity index (χ1) is 21.3. The van der Waals surface area contributed by atoms with Crippen LogP contribution < -0.4 is 20.1 Å². The SMILES string of the molecule is COCCCOc1cc(C(=O)N(CC2CNCC2OCc2cccc(-c3cccc(NC(C)=O)c3)c2)C(C)C)ccc1OC. The third-order valence-electron chi connectivity index (χ3n) is 7.66. The fourth-order valence-corrected chi connectivity index (χ4v) is 5.36. The van der Waals surface area contributed by atoms with E-state index in [1.54, 1.807) is 32.4 Å². The van der Waals surface area contributed by atoms with Crippen LogP contribution in [0.25, 0.3) is 11.1 Å². The molecule has 3 aromatic rings. The fraction of sp³-hybridized carbons (Fsp3) is 0.429. The van der Waals surface area contributed by atoms with Crippen molar-refractivity contribution < 1.29 is 28.5 Å².